The number of benzene rings is 2. The molecule has 3 nitrogen and oxygen atoms in total. The molecule has 1 heterocycles. The molecular formula is C20H21NO2. The van der Waals surface area contributed by atoms with Crippen LogP contribution in [0.3, 0.4) is 0 Å². The quantitative estimate of drug-likeness (QED) is 0.810. The second-order valence-corrected chi connectivity index (χ2v) is 6.16. The number of carbonyl (C=O) groups excluding carboxylic acids is 2. The molecule has 0 N–H and O–H groups in total. The highest BCUT2D eigenvalue weighted by molar-refractivity contribution is 5.98. The summed E-state index contributed by atoms with van der Waals surface area (Å²) in [5, 5.41) is 0. The SMILES string of the molecule is Cc1ccc(C(=O)C2CCN(C(=O)c3ccccc3)CC2)cc1. The summed E-state index contributed by atoms with van der Waals surface area (Å²) in [6.45, 7) is 3.31. The number of likely N-dealkylation sites (tertiary alicyclic amines) is 1. The molecule has 0 spiro atoms. The first-order valence-corrected chi connectivity index (χ1v) is 8.10. The van der Waals surface area contributed by atoms with Crippen molar-refractivity contribution in [2.45, 2.75) is 19.8 Å². The standard InChI is InChI=1S/C20H21NO2/c1-15-7-9-16(10-8-15)19(22)17-11-13-21(14-12-17)20(23)18-5-3-2-4-6-18/h2-10,17H,11-14H2,1H3. The van der Waals surface area contributed by atoms with Gasteiger partial charge in [0, 0.05) is 30.1 Å². The second kappa shape index (κ2) is 6.78. The molecule has 0 atom stereocenters. The van der Waals surface area contributed by atoms with Crippen molar-refractivity contribution >= 4 is 11.7 Å². The van der Waals surface area contributed by atoms with Crippen LogP contribution in [-0.4, -0.2) is 29.7 Å². The number of carbonyl (C=O) groups is 2. The van der Waals surface area contributed by atoms with Crippen LogP contribution in [0.25, 0.3) is 0 Å². The zero-order valence-corrected chi connectivity index (χ0v) is 13.4. The number of piperidine rings is 1. The summed E-state index contributed by atoms with van der Waals surface area (Å²) in [4.78, 5) is 26.8. The van der Waals surface area contributed by atoms with Crippen molar-refractivity contribution in [2.75, 3.05) is 13.1 Å². The highest BCUT2D eigenvalue weighted by Crippen LogP contribution is 2.23. The fourth-order valence-corrected chi connectivity index (χ4v) is 3.06. The Morgan fingerprint density at radius 3 is 2.09 bits per heavy atom. The lowest BCUT2D eigenvalue weighted by Gasteiger charge is -2.31. The Hall–Kier alpha value is -2.42. The van der Waals surface area contributed by atoms with Crippen molar-refractivity contribution in [3.63, 3.8) is 0 Å². The molecule has 2 aromatic carbocycles. The van der Waals surface area contributed by atoms with Crippen LogP contribution in [0.2, 0.25) is 0 Å². The van der Waals surface area contributed by atoms with E-state index >= 15 is 0 Å². The van der Waals surface area contributed by atoms with Gasteiger partial charge in [-0.1, -0.05) is 48.0 Å². The molecule has 0 bridgehead atoms. The third kappa shape index (κ3) is 3.50. The number of hydrogen-bond acceptors (Lipinski definition) is 2. The van der Waals surface area contributed by atoms with E-state index in [1.165, 1.54) is 0 Å². The average molecular weight is 307 g/mol. The minimum atomic E-state index is 0.0255. The highest BCUT2D eigenvalue weighted by atomic mass is 16.2. The van der Waals surface area contributed by atoms with Gasteiger partial charge in [-0.3, -0.25) is 9.59 Å². The smallest absolute Gasteiger partial charge is 0.253 e. The summed E-state index contributed by atoms with van der Waals surface area (Å²) in [5.74, 6) is 0.293. The zero-order chi connectivity index (χ0) is 16.2. The molecule has 3 rings (SSSR count). The van der Waals surface area contributed by atoms with Crippen molar-refractivity contribution < 1.29 is 9.59 Å². The molecule has 2 aromatic rings. The first-order valence-electron chi connectivity index (χ1n) is 8.10. The van der Waals surface area contributed by atoms with E-state index in [1.54, 1.807) is 0 Å². The lowest BCUT2D eigenvalue weighted by molar-refractivity contribution is 0.0650. The van der Waals surface area contributed by atoms with Gasteiger partial charge in [-0.05, 0) is 31.9 Å². The van der Waals surface area contributed by atoms with Gasteiger partial charge in [0.15, 0.2) is 5.78 Å². The van der Waals surface area contributed by atoms with Crippen LogP contribution in [0.1, 0.15) is 39.1 Å². The van der Waals surface area contributed by atoms with Crippen LogP contribution >= 0.6 is 0 Å². The Labute approximate surface area is 136 Å². The van der Waals surface area contributed by atoms with Crippen LogP contribution in [0.4, 0.5) is 0 Å². The van der Waals surface area contributed by atoms with Gasteiger partial charge >= 0.3 is 0 Å². The minimum Gasteiger partial charge on any atom is -0.339 e. The van der Waals surface area contributed by atoms with Crippen LogP contribution < -0.4 is 0 Å². The van der Waals surface area contributed by atoms with Crippen LogP contribution in [0.15, 0.2) is 54.6 Å². The minimum absolute atomic E-state index is 0.0255. The zero-order valence-electron chi connectivity index (χ0n) is 13.4. The number of Topliss-reactive ketones (excluding diaryl/α,β-unsaturated/α-hetero) is 1. The lowest BCUT2D eigenvalue weighted by atomic mass is 9.88. The van der Waals surface area contributed by atoms with Crippen LogP contribution in [0.5, 0.6) is 0 Å². The summed E-state index contributed by atoms with van der Waals surface area (Å²) in [7, 11) is 0. The third-order valence-corrected chi connectivity index (χ3v) is 4.51. The number of rotatable bonds is 3. The summed E-state index contributed by atoms with van der Waals surface area (Å²) in [5.41, 5.74) is 2.66. The molecule has 3 heteroatoms. The number of nitrogens with zero attached hydrogens (tertiary/aromatic N) is 1. The molecule has 1 aliphatic heterocycles. The van der Waals surface area contributed by atoms with Gasteiger partial charge in [0.05, 0.1) is 0 Å². The number of hydrogen-bond donors (Lipinski definition) is 0. The van der Waals surface area contributed by atoms with Gasteiger partial charge in [0.2, 0.25) is 0 Å². The van der Waals surface area contributed by atoms with Crippen molar-refractivity contribution in [1.82, 2.24) is 4.90 Å². The van der Waals surface area contributed by atoms with Gasteiger partial charge in [-0.2, -0.15) is 0 Å². The van der Waals surface area contributed by atoms with E-state index in [0.717, 1.165) is 29.5 Å². The Kier molecular flexibility index (Phi) is 4.56. The van der Waals surface area contributed by atoms with Crippen molar-refractivity contribution in [1.29, 1.82) is 0 Å². The largest absolute Gasteiger partial charge is 0.339 e. The van der Waals surface area contributed by atoms with Gasteiger partial charge in [-0.25, -0.2) is 0 Å². The monoisotopic (exact) mass is 307 g/mol. The first kappa shape index (κ1) is 15.5. The number of ketones is 1. The molecule has 23 heavy (non-hydrogen) atoms. The lowest BCUT2D eigenvalue weighted by Crippen LogP contribution is -2.40. The fourth-order valence-electron chi connectivity index (χ4n) is 3.06. The summed E-state index contributed by atoms with van der Waals surface area (Å²) < 4.78 is 0. The maximum absolute atomic E-state index is 12.6. The first-order chi connectivity index (χ1) is 11.1. The molecule has 1 aliphatic rings. The van der Waals surface area contributed by atoms with Gasteiger partial charge in [0.1, 0.15) is 0 Å². The predicted octanol–water partition coefficient (Wildman–Crippen LogP) is 3.73. The van der Waals surface area contributed by atoms with Crippen molar-refractivity contribution in [3.05, 3.63) is 71.3 Å². The van der Waals surface area contributed by atoms with Crippen molar-refractivity contribution in [2.24, 2.45) is 5.92 Å². The van der Waals surface area contributed by atoms with E-state index in [2.05, 4.69) is 0 Å². The van der Waals surface area contributed by atoms with E-state index in [4.69, 9.17) is 0 Å². The van der Waals surface area contributed by atoms with E-state index in [9.17, 15) is 9.59 Å². The maximum Gasteiger partial charge on any atom is 0.253 e. The molecule has 1 amide bonds. The van der Waals surface area contributed by atoms with E-state index < -0.39 is 0 Å². The van der Waals surface area contributed by atoms with Gasteiger partial charge < -0.3 is 4.90 Å². The van der Waals surface area contributed by atoms with Crippen molar-refractivity contribution in [3.8, 4) is 0 Å². The third-order valence-electron chi connectivity index (χ3n) is 4.51. The molecule has 0 saturated carbocycles. The number of amides is 1. The van der Waals surface area contributed by atoms with Crippen LogP contribution in [-0.2, 0) is 0 Å². The van der Waals surface area contributed by atoms with E-state index in [1.807, 2.05) is 66.4 Å². The molecule has 1 fully saturated rings. The fraction of sp³-hybridized carbons (Fsp3) is 0.300. The maximum atomic E-state index is 12.6. The summed E-state index contributed by atoms with van der Waals surface area (Å²) >= 11 is 0. The Bertz CT molecular complexity index is 683. The van der Waals surface area contributed by atoms with Crippen LogP contribution in [0, 0.1) is 12.8 Å². The second-order valence-electron chi connectivity index (χ2n) is 6.16. The molecule has 0 aliphatic carbocycles. The Morgan fingerprint density at radius 1 is 0.870 bits per heavy atom. The Balaban J connectivity index is 1.61. The molecule has 0 unspecified atom stereocenters. The topological polar surface area (TPSA) is 37.4 Å². The molecule has 118 valence electrons. The number of aryl methyl sites for hydroxylation is 1. The highest BCUT2D eigenvalue weighted by Gasteiger charge is 2.28. The molecular weight excluding hydrogens is 286 g/mol. The molecule has 1 saturated heterocycles. The average Bonchev–Trinajstić information content (AvgIpc) is 2.62. The molecule has 0 aromatic heterocycles. The predicted molar refractivity (Wildman–Crippen MR) is 90.6 cm³/mol. The normalized spacial score (nSPS) is 15.4. The van der Waals surface area contributed by atoms with E-state index in [-0.39, 0.29) is 17.6 Å². The summed E-state index contributed by atoms with van der Waals surface area (Å²) in [6, 6.07) is 17.1. The molecule has 0 radical (unpaired) electrons. The summed E-state index contributed by atoms with van der Waals surface area (Å²) in [6.07, 6.45) is 1.48. The van der Waals surface area contributed by atoms with Gasteiger partial charge in [-0.15, -0.1) is 0 Å². The Morgan fingerprint density at radius 2 is 1.48 bits per heavy atom. The van der Waals surface area contributed by atoms with Gasteiger partial charge in [0.25, 0.3) is 5.91 Å². The van der Waals surface area contributed by atoms with E-state index in [0.29, 0.717) is 13.1 Å².